The fraction of sp³-hybridized carbons (Fsp3) is 0.300. The second kappa shape index (κ2) is 4.05. The van der Waals surface area contributed by atoms with E-state index in [9.17, 15) is 9.90 Å². The lowest BCUT2D eigenvalue weighted by Gasteiger charge is -2.09. The topological polar surface area (TPSA) is 57.5 Å². The first-order valence-corrected chi connectivity index (χ1v) is 4.15. The molecule has 3 nitrogen and oxygen atoms in total. The minimum Gasteiger partial charge on any atom is -0.479 e. The minimum atomic E-state index is -1.41. The maximum atomic E-state index is 10.5. The molecule has 2 N–H and O–H groups in total. The second-order valence-corrected chi connectivity index (χ2v) is 2.79. The summed E-state index contributed by atoms with van der Waals surface area (Å²) in [6.07, 6.45) is -0.684. The van der Waals surface area contributed by atoms with Gasteiger partial charge in [-0.05, 0) is 17.5 Å². The monoisotopic (exact) mass is 180 g/mol. The Morgan fingerprint density at radius 1 is 1.46 bits per heavy atom. The van der Waals surface area contributed by atoms with E-state index in [-0.39, 0.29) is 0 Å². The minimum absolute atomic E-state index is 0.484. The zero-order chi connectivity index (χ0) is 9.84. The summed E-state index contributed by atoms with van der Waals surface area (Å²) in [6.45, 7) is 1.92. The van der Waals surface area contributed by atoms with Gasteiger partial charge in [0.2, 0.25) is 0 Å². The Hall–Kier alpha value is -1.35. The quantitative estimate of drug-likeness (QED) is 0.738. The Morgan fingerprint density at radius 3 is 2.62 bits per heavy atom. The molecule has 13 heavy (non-hydrogen) atoms. The van der Waals surface area contributed by atoms with Gasteiger partial charge in [-0.3, -0.25) is 0 Å². The van der Waals surface area contributed by atoms with Gasteiger partial charge < -0.3 is 10.2 Å². The molecule has 0 aliphatic carbocycles. The maximum absolute atomic E-state index is 10.5. The van der Waals surface area contributed by atoms with Gasteiger partial charge >= 0.3 is 5.97 Å². The van der Waals surface area contributed by atoms with Crippen molar-refractivity contribution in [2.45, 2.75) is 19.4 Å². The van der Waals surface area contributed by atoms with Crippen LogP contribution in [-0.2, 0) is 11.2 Å². The summed E-state index contributed by atoms with van der Waals surface area (Å²) in [7, 11) is 0. The predicted molar refractivity (Wildman–Crippen MR) is 48.4 cm³/mol. The fourth-order valence-electron chi connectivity index (χ4n) is 1.26. The molecule has 1 atom stereocenters. The number of carbonyl (C=O) groups is 1. The predicted octanol–water partition coefficient (Wildman–Crippen LogP) is 1.37. The third kappa shape index (κ3) is 2.06. The Balaban J connectivity index is 3.05. The van der Waals surface area contributed by atoms with Gasteiger partial charge in [-0.25, -0.2) is 4.79 Å². The fourth-order valence-corrected chi connectivity index (χ4v) is 1.26. The SMILES string of the molecule is CCc1ccccc1[C@H](O)C(=O)O. The number of aliphatic hydroxyl groups excluding tert-OH is 1. The van der Waals surface area contributed by atoms with Crippen molar-refractivity contribution in [3.8, 4) is 0 Å². The maximum Gasteiger partial charge on any atom is 0.337 e. The van der Waals surface area contributed by atoms with E-state index in [1.54, 1.807) is 12.1 Å². The Kier molecular flexibility index (Phi) is 3.03. The summed E-state index contributed by atoms with van der Waals surface area (Å²) in [5, 5.41) is 17.9. The van der Waals surface area contributed by atoms with Crippen LogP contribution in [0.2, 0.25) is 0 Å². The molecule has 0 saturated carbocycles. The van der Waals surface area contributed by atoms with E-state index < -0.39 is 12.1 Å². The molecule has 0 aromatic heterocycles. The van der Waals surface area contributed by atoms with Crippen LogP contribution in [-0.4, -0.2) is 16.2 Å². The van der Waals surface area contributed by atoms with Crippen molar-refractivity contribution in [3.63, 3.8) is 0 Å². The molecule has 0 radical (unpaired) electrons. The van der Waals surface area contributed by atoms with E-state index >= 15 is 0 Å². The summed E-state index contributed by atoms with van der Waals surface area (Å²) in [5.74, 6) is -1.21. The summed E-state index contributed by atoms with van der Waals surface area (Å²) in [6, 6.07) is 7.01. The normalized spacial score (nSPS) is 12.5. The van der Waals surface area contributed by atoms with E-state index in [1.165, 1.54) is 0 Å². The van der Waals surface area contributed by atoms with Gasteiger partial charge in [0.25, 0.3) is 0 Å². The molecular weight excluding hydrogens is 168 g/mol. The second-order valence-electron chi connectivity index (χ2n) is 2.79. The number of rotatable bonds is 3. The van der Waals surface area contributed by atoms with Crippen molar-refractivity contribution in [3.05, 3.63) is 35.4 Å². The summed E-state index contributed by atoms with van der Waals surface area (Å²) in [5.41, 5.74) is 1.36. The smallest absolute Gasteiger partial charge is 0.337 e. The lowest BCUT2D eigenvalue weighted by atomic mass is 10.0. The molecule has 0 fully saturated rings. The van der Waals surface area contributed by atoms with Crippen molar-refractivity contribution in [1.82, 2.24) is 0 Å². The molecule has 1 aromatic rings. The van der Waals surface area contributed by atoms with Crippen LogP contribution in [0, 0.1) is 0 Å². The molecule has 0 heterocycles. The van der Waals surface area contributed by atoms with Gasteiger partial charge in [-0.15, -0.1) is 0 Å². The van der Waals surface area contributed by atoms with Gasteiger partial charge in [0.15, 0.2) is 6.10 Å². The number of aryl methyl sites for hydroxylation is 1. The molecule has 0 bridgehead atoms. The first kappa shape index (κ1) is 9.74. The molecular formula is C10H12O3. The van der Waals surface area contributed by atoms with Crippen molar-refractivity contribution in [2.24, 2.45) is 0 Å². The molecule has 0 amide bonds. The Morgan fingerprint density at radius 2 is 2.08 bits per heavy atom. The van der Waals surface area contributed by atoms with Gasteiger partial charge in [0.1, 0.15) is 0 Å². The number of aliphatic hydroxyl groups is 1. The van der Waals surface area contributed by atoms with Gasteiger partial charge in [-0.1, -0.05) is 31.2 Å². The number of hydrogen-bond acceptors (Lipinski definition) is 2. The molecule has 0 unspecified atom stereocenters. The van der Waals surface area contributed by atoms with Crippen molar-refractivity contribution >= 4 is 5.97 Å². The van der Waals surface area contributed by atoms with E-state index in [4.69, 9.17) is 5.11 Å². The van der Waals surface area contributed by atoms with Crippen LogP contribution in [0.1, 0.15) is 24.2 Å². The van der Waals surface area contributed by atoms with E-state index in [2.05, 4.69) is 0 Å². The average Bonchev–Trinajstić information content (AvgIpc) is 2.16. The third-order valence-electron chi connectivity index (χ3n) is 1.96. The molecule has 3 heteroatoms. The van der Waals surface area contributed by atoms with Crippen LogP contribution in [0.5, 0.6) is 0 Å². The highest BCUT2D eigenvalue weighted by atomic mass is 16.4. The van der Waals surface area contributed by atoms with Crippen LogP contribution in [0.25, 0.3) is 0 Å². The van der Waals surface area contributed by atoms with Gasteiger partial charge in [0.05, 0.1) is 0 Å². The van der Waals surface area contributed by atoms with Gasteiger partial charge in [-0.2, -0.15) is 0 Å². The molecule has 0 spiro atoms. The highest BCUT2D eigenvalue weighted by molar-refractivity contribution is 5.74. The molecule has 1 aromatic carbocycles. The molecule has 0 aliphatic heterocycles. The number of carboxylic acid groups (broad SMARTS) is 1. The van der Waals surface area contributed by atoms with Crippen LogP contribution in [0.4, 0.5) is 0 Å². The number of aliphatic carboxylic acids is 1. The Labute approximate surface area is 76.6 Å². The standard InChI is InChI=1S/C10H12O3/c1-2-7-5-3-4-6-8(7)9(11)10(12)13/h3-6,9,11H,2H2,1H3,(H,12,13)/t9-/m0/s1. The number of carboxylic acids is 1. The van der Waals surface area contributed by atoms with Crippen LogP contribution in [0.3, 0.4) is 0 Å². The molecule has 70 valence electrons. The lowest BCUT2D eigenvalue weighted by Crippen LogP contribution is -2.12. The van der Waals surface area contributed by atoms with E-state index in [0.717, 1.165) is 12.0 Å². The first-order valence-electron chi connectivity index (χ1n) is 4.15. The van der Waals surface area contributed by atoms with E-state index in [0.29, 0.717) is 5.56 Å². The summed E-state index contributed by atoms with van der Waals surface area (Å²) >= 11 is 0. The number of benzene rings is 1. The largest absolute Gasteiger partial charge is 0.479 e. The molecule has 0 saturated heterocycles. The molecule has 1 rings (SSSR count). The van der Waals surface area contributed by atoms with Crippen LogP contribution >= 0.6 is 0 Å². The first-order chi connectivity index (χ1) is 6.16. The zero-order valence-corrected chi connectivity index (χ0v) is 7.40. The van der Waals surface area contributed by atoms with Crippen molar-refractivity contribution in [2.75, 3.05) is 0 Å². The zero-order valence-electron chi connectivity index (χ0n) is 7.40. The third-order valence-corrected chi connectivity index (χ3v) is 1.96. The lowest BCUT2D eigenvalue weighted by molar-refractivity contribution is -0.147. The number of hydrogen-bond donors (Lipinski definition) is 2. The summed E-state index contributed by atoms with van der Waals surface area (Å²) in [4.78, 5) is 10.5. The van der Waals surface area contributed by atoms with Crippen molar-refractivity contribution in [1.29, 1.82) is 0 Å². The average molecular weight is 180 g/mol. The van der Waals surface area contributed by atoms with Crippen LogP contribution < -0.4 is 0 Å². The van der Waals surface area contributed by atoms with E-state index in [1.807, 2.05) is 19.1 Å². The van der Waals surface area contributed by atoms with Crippen LogP contribution in [0.15, 0.2) is 24.3 Å². The van der Waals surface area contributed by atoms with Gasteiger partial charge in [0, 0.05) is 0 Å². The Bertz CT molecular complexity index is 307. The highest BCUT2D eigenvalue weighted by Crippen LogP contribution is 2.18. The summed E-state index contributed by atoms with van der Waals surface area (Å²) < 4.78 is 0. The highest BCUT2D eigenvalue weighted by Gasteiger charge is 2.17. The van der Waals surface area contributed by atoms with Crippen molar-refractivity contribution < 1.29 is 15.0 Å². The molecule has 0 aliphatic rings.